The summed E-state index contributed by atoms with van der Waals surface area (Å²) in [6.07, 6.45) is 11.8. The van der Waals surface area contributed by atoms with Crippen LogP contribution in [0.5, 0.6) is 5.75 Å². The lowest BCUT2D eigenvalue weighted by atomic mass is 9.47. The summed E-state index contributed by atoms with van der Waals surface area (Å²) in [5.41, 5.74) is 3.15. The molecule has 0 aromatic heterocycles. The van der Waals surface area contributed by atoms with Crippen molar-refractivity contribution in [2.24, 2.45) is 34.5 Å². The van der Waals surface area contributed by atoms with Crippen molar-refractivity contribution in [2.75, 3.05) is 7.11 Å². The van der Waals surface area contributed by atoms with E-state index in [2.05, 4.69) is 59.9 Å². The quantitative estimate of drug-likeness (QED) is 0.210. The minimum absolute atomic E-state index is 0.0535. The molecule has 1 aromatic carbocycles. The fourth-order valence-corrected chi connectivity index (χ4v) is 9.42. The molecule has 1 aromatic rings. The molecule has 0 saturated heterocycles. The summed E-state index contributed by atoms with van der Waals surface area (Å²) < 4.78 is 11.5. The molecular weight excluding hydrogens is 500 g/mol. The highest BCUT2D eigenvalue weighted by Gasteiger charge is 2.59. The fourth-order valence-electron chi connectivity index (χ4n) is 8.38. The lowest BCUT2D eigenvalue weighted by Crippen LogP contribution is -2.50. The second kappa shape index (κ2) is 9.75. The van der Waals surface area contributed by atoms with Gasteiger partial charge in [-0.25, -0.2) is 4.79 Å². The Hall–Kier alpha value is -2.14. The van der Waals surface area contributed by atoms with E-state index in [1.54, 1.807) is 0 Å². The highest BCUT2D eigenvalue weighted by atomic mass is 28.4. The van der Waals surface area contributed by atoms with Gasteiger partial charge in [0.25, 0.3) is 0 Å². The first-order valence-electron chi connectivity index (χ1n) is 15.0. The van der Waals surface area contributed by atoms with E-state index in [0.717, 1.165) is 61.8 Å². The number of allylic oxidation sites excluding steroid dienone is 3. The molecule has 0 N–H and O–H groups in total. The van der Waals surface area contributed by atoms with Crippen LogP contribution < -0.4 is 4.43 Å². The van der Waals surface area contributed by atoms with Crippen LogP contribution in [-0.4, -0.2) is 27.2 Å². The molecule has 0 unspecified atom stereocenters. The first kappa shape index (κ1) is 28.4. The van der Waals surface area contributed by atoms with Crippen LogP contribution in [0.3, 0.4) is 0 Å². The summed E-state index contributed by atoms with van der Waals surface area (Å²) in [4.78, 5) is 26.1. The van der Waals surface area contributed by atoms with E-state index in [9.17, 15) is 9.59 Å². The third-order valence-corrected chi connectivity index (χ3v) is 16.2. The second-order valence-electron chi connectivity index (χ2n) is 14.8. The van der Waals surface area contributed by atoms with Gasteiger partial charge in [0.1, 0.15) is 5.75 Å². The van der Waals surface area contributed by atoms with Crippen molar-refractivity contribution in [1.29, 1.82) is 0 Å². The monoisotopic (exact) mass is 548 g/mol. The van der Waals surface area contributed by atoms with Gasteiger partial charge in [0, 0.05) is 17.1 Å². The first-order valence-corrected chi connectivity index (χ1v) is 17.9. The average Bonchev–Trinajstić information content (AvgIpc) is 3.24. The predicted octanol–water partition coefficient (Wildman–Crippen LogP) is 8.54. The fraction of sp³-hybridized carbons (Fsp3) is 0.647. The molecule has 5 heteroatoms. The third-order valence-electron chi connectivity index (χ3n) is 11.9. The lowest BCUT2D eigenvalue weighted by molar-refractivity contribution is -0.136. The van der Waals surface area contributed by atoms with Crippen molar-refractivity contribution in [2.45, 2.75) is 97.7 Å². The largest absolute Gasteiger partial charge is 0.544 e. The Morgan fingerprint density at radius 2 is 1.67 bits per heavy atom. The van der Waals surface area contributed by atoms with Crippen LogP contribution >= 0.6 is 0 Å². The van der Waals surface area contributed by atoms with E-state index in [4.69, 9.17) is 9.16 Å². The molecule has 0 aliphatic heterocycles. The van der Waals surface area contributed by atoms with Gasteiger partial charge in [-0.2, -0.15) is 0 Å². The van der Waals surface area contributed by atoms with Crippen LogP contribution in [0.15, 0.2) is 47.6 Å². The molecule has 2 fully saturated rings. The van der Waals surface area contributed by atoms with Crippen molar-refractivity contribution >= 4 is 20.1 Å². The topological polar surface area (TPSA) is 52.6 Å². The Bertz CT molecular complexity index is 1200. The van der Waals surface area contributed by atoms with Crippen LogP contribution in [0.25, 0.3) is 0 Å². The number of Topliss-reactive ketones (excluding diaryl/α,β-unsaturated/α-hetero) is 1. The number of rotatable bonds is 5. The van der Waals surface area contributed by atoms with Gasteiger partial charge in [0.15, 0.2) is 5.78 Å². The van der Waals surface area contributed by atoms with E-state index >= 15 is 0 Å². The van der Waals surface area contributed by atoms with Gasteiger partial charge < -0.3 is 9.16 Å². The maximum atomic E-state index is 13.9. The Morgan fingerprint density at radius 3 is 2.31 bits per heavy atom. The number of fused-ring (bicyclic) bond motifs is 5. The van der Waals surface area contributed by atoms with Crippen LogP contribution in [0.4, 0.5) is 0 Å². The summed E-state index contributed by atoms with van der Waals surface area (Å²) >= 11 is 0. The molecule has 0 amide bonds. The zero-order chi connectivity index (χ0) is 28.4. The standard InChI is InChI=1S/C34H48O4Si/c1-32(2,3)39(7,8)38-25-12-9-22(10-13-25)30(35)29-16-15-27-26-14-11-24-21-23(31(36)37-6)17-19-33(24,4)28(26)18-20-34(27,29)5/h9-13,21,26-29H,14-20H2,1-8H3/t26-,27-,28-,29+,33-,34-/m0/s1. The Balaban J connectivity index is 1.33. The molecule has 5 rings (SSSR count). The summed E-state index contributed by atoms with van der Waals surface area (Å²) in [5, 5.41) is 0.136. The molecule has 4 nitrogen and oxygen atoms in total. The van der Waals surface area contributed by atoms with Crippen LogP contribution in [0.1, 0.15) is 89.9 Å². The molecule has 212 valence electrons. The number of hydrogen-bond donors (Lipinski definition) is 0. The van der Waals surface area contributed by atoms with Gasteiger partial charge in [-0.1, -0.05) is 40.7 Å². The van der Waals surface area contributed by atoms with Crippen LogP contribution in [0.2, 0.25) is 18.1 Å². The molecule has 6 atom stereocenters. The number of ether oxygens (including phenoxy) is 1. The van der Waals surface area contributed by atoms with E-state index in [0.29, 0.717) is 23.5 Å². The highest BCUT2D eigenvalue weighted by molar-refractivity contribution is 6.74. The minimum Gasteiger partial charge on any atom is -0.544 e. The van der Waals surface area contributed by atoms with Crippen molar-refractivity contribution in [1.82, 2.24) is 0 Å². The van der Waals surface area contributed by atoms with Crippen LogP contribution in [0, 0.1) is 34.5 Å². The second-order valence-corrected chi connectivity index (χ2v) is 19.5. The van der Waals surface area contributed by atoms with Gasteiger partial charge in [0.05, 0.1) is 7.11 Å². The number of esters is 1. The minimum atomic E-state index is -1.91. The van der Waals surface area contributed by atoms with E-state index in [1.165, 1.54) is 12.7 Å². The van der Waals surface area contributed by atoms with Crippen LogP contribution in [-0.2, 0) is 9.53 Å². The highest BCUT2D eigenvalue weighted by Crippen LogP contribution is 2.66. The number of benzene rings is 1. The third kappa shape index (κ3) is 4.67. The molecule has 0 radical (unpaired) electrons. The molecule has 0 spiro atoms. The summed E-state index contributed by atoms with van der Waals surface area (Å²) in [5.74, 6) is 2.91. The molecular formula is C34H48O4Si. The van der Waals surface area contributed by atoms with Gasteiger partial charge in [-0.05, 0) is 128 Å². The average molecular weight is 549 g/mol. The molecule has 4 aliphatic rings. The van der Waals surface area contributed by atoms with Crippen molar-refractivity contribution in [3.8, 4) is 5.75 Å². The summed E-state index contributed by atoms with van der Waals surface area (Å²) in [7, 11) is -0.442. The van der Waals surface area contributed by atoms with Gasteiger partial charge in [0.2, 0.25) is 8.32 Å². The van der Waals surface area contributed by atoms with Gasteiger partial charge in [-0.15, -0.1) is 0 Å². The molecule has 0 bridgehead atoms. The normalized spacial score (nSPS) is 34.2. The maximum absolute atomic E-state index is 13.9. The first-order chi connectivity index (χ1) is 18.2. The Kier molecular flexibility index (Phi) is 7.09. The van der Waals surface area contributed by atoms with Crippen molar-refractivity contribution in [3.63, 3.8) is 0 Å². The van der Waals surface area contributed by atoms with Gasteiger partial charge in [-0.3, -0.25) is 4.79 Å². The number of methoxy groups -OCH3 is 1. The number of hydrogen-bond acceptors (Lipinski definition) is 4. The smallest absolute Gasteiger partial charge is 0.333 e. The molecule has 2 saturated carbocycles. The number of carbonyl (C=O) groups excluding carboxylic acids is 2. The predicted molar refractivity (Wildman–Crippen MR) is 159 cm³/mol. The van der Waals surface area contributed by atoms with E-state index in [1.807, 2.05) is 24.3 Å². The molecule has 0 heterocycles. The maximum Gasteiger partial charge on any atom is 0.333 e. The zero-order valence-corrected chi connectivity index (χ0v) is 26.4. The van der Waals surface area contributed by atoms with E-state index < -0.39 is 8.32 Å². The summed E-state index contributed by atoms with van der Waals surface area (Å²) in [6, 6.07) is 8.01. The van der Waals surface area contributed by atoms with Crippen molar-refractivity contribution in [3.05, 3.63) is 53.1 Å². The van der Waals surface area contributed by atoms with E-state index in [-0.39, 0.29) is 27.8 Å². The number of carbonyl (C=O) groups is 2. The van der Waals surface area contributed by atoms with Gasteiger partial charge >= 0.3 is 5.97 Å². The van der Waals surface area contributed by atoms with Crippen molar-refractivity contribution < 1.29 is 18.8 Å². The summed E-state index contributed by atoms with van der Waals surface area (Å²) in [6.45, 7) is 16.1. The lowest BCUT2D eigenvalue weighted by Gasteiger charge is -2.57. The number of ketones is 1. The zero-order valence-electron chi connectivity index (χ0n) is 25.4. The molecule has 4 aliphatic carbocycles. The Morgan fingerprint density at radius 1 is 0.974 bits per heavy atom. The SMILES string of the molecule is COC(=O)C1=CC2=CC[C@H]3[C@@H]4CC[C@H](C(=O)c5ccc(O[Si](C)(C)C(C)(C)C)cc5)[C@@]4(C)CC[C@@H]3[C@@]2(C)CC1. The Labute approximate surface area is 236 Å². The molecule has 39 heavy (non-hydrogen) atoms.